The van der Waals surface area contributed by atoms with Crippen molar-refractivity contribution in [3.63, 3.8) is 0 Å². The maximum absolute atomic E-state index is 14.3. The molecule has 15 heteroatoms. The molecule has 1 aromatic heterocycles. The summed E-state index contributed by atoms with van der Waals surface area (Å²) in [4.78, 5) is 72.8. The van der Waals surface area contributed by atoms with Crippen molar-refractivity contribution in [3.05, 3.63) is 75.5 Å². The van der Waals surface area contributed by atoms with Crippen molar-refractivity contribution in [1.29, 1.82) is 5.26 Å². The molecule has 13 nitrogen and oxygen atoms in total. The molecule has 0 radical (unpaired) electrons. The number of amides is 5. The summed E-state index contributed by atoms with van der Waals surface area (Å²) in [6, 6.07) is 12.2. The topological polar surface area (TPSA) is 198 Å². The van der Waals surface area contributed by atoms with Crippen LogP contribution in [0.15, 0.2) is 48.7 Å². The predicted molar refractivity (Wildman–Crippen MR) is 173 cm³/mol. The summed E-state index contributed by atoms with van der Waals surface area (Å²) in [5.74, 6) is -3.23. The van der Waals surface area contributed by atoms with Crippen molar-refractivity contribution in [3.8, 4) is 6.07 Å². The molecule has 2 aliphatic rings. The fourth-order valence-corrected chi connectivity index (χ4v) is 6.64. The summed E-state index contributed by atoms with van der Waals surface area (Å²) in [7, 11) is 0. The number of nitriles is 1. The lowest BCUT2D eigenvalue weighted by Gasteiger charge is -2.34. The number of hydrogen-bond acceptors (Lipinski definition) is 7. The van der Waals surface area contributed by atoms with Crippen LogP contribution in [-0.2, 0) is 31.1 Å². The second-order valence-electron chi connectivity index (χ2n) is 11.9. The van der Waals surface area contributed by atoms with Gasteiger partial charge < -0.3 is 21.7 Å². The van der Waals surface area contributed by atoms with E-state index in [4.69, 9.17) is 34.7 Å². The number of primary amides is 2. The van der Waals surface area contributed by atoms with Gasteiger partial charge in [-0.15, -0.1) is 0 Å². The van der Waals surface area contributed by atoms with Gasteiger partial charge in [0.15, 0.2) is 0 Å². The van der Waals surface area contributed by atoms with Crippen LogP contribution in [0.4, 0.5) is 11.6 Å². The average Bonchev–Trinajstić information content (AvgIpc) is 3.56. The fraction of sp³-hybridized carbons (Fsp3) is 0.344. The van der Waals surface area contributed by atoms with Gasteiger partial charge >= 0.3 is 0 Å². The van der Waals surface area contributed by atoms with Crippen LogP contribution in [0.1, 0.15) is 54.2 Å². The highest BCUT2D eigenvalue weighted by molar-refractivity contribution is 6.35. The smallest absolute Gasteiger partial charge is 0.270 e. The van der Waals surface area contributed by atoms with Crippen molar-refractivity contribution in [2.45, 2.75) is 50.6 Å². The van der Waals surface area contributed by atoms with Crippen LogP contribution in [0.3, 0.4) is 0 Å². The van der Waals surface area contributed by atoms with Crippen LogP contribution in [0.5, 0.6) is 0 Å². The molecule has 0 saturated carbocycles. The highest BCUT2D eigenvalue weighted by Crippen LogP contribution is 2.43. The molecule has 1 saturated heterocycles. The van der Waals surface area contributed by atoms with E-state index in [1.54, 1.807) is 43.3 Å². The molecular weight excluding hydrogens is 647 g/mol. The van der Waals surface area contributed by atoms with E-state index in [2.05, 4.69) is 16.4 Å². The number of piperidine rings is 1. The summed E-state index contributed by atoms with van der Waals surface area (Å²) >= 11 is 12.6. The Bertz CT molecular complexity index is 1780. The zero-order valence-electron chi connectivity index (χ0n) is 25.4. The number of imidazole rings is 1. The van der Waals surface area contributed by atoms with Crippen LogP contribution < -0.4 is 21.7 Å². The van der Waals surface area contributed by atoms with Gasteiger partial charge in [-0.25, -0.2) is 9.88 Å². The largest absolute Gasteiger partial charge is 0.370 e. The number of halogens is 2. The predicted octanol–water partition coefficient (Wildman–Crippen LogP) is 2.79. The number of anilines is 2. The second kappa shape index (κ2) is 13.4. The van der Waals surface area contributed by atoms with Gasteiger partial charge in [0.2, 0.25) is 23.7 Å². The Morgan fingerprint density at radius 1 is 1.13 bits per heavy atom. The summed E-state index contributed by atoms with van der Waals surface area (Å²) in [5, 5.41) is 12.5. The molecular formula is C32H32Cl2N8O5. The number of hydrogen-bond donors (Lipinski definition) is 3. The normalized spacial score (nSPS) is 19.5. The number of benzene rings is 2. The van der Waals surface area contributed by atoms with E-state index < -0.39 is 47.0 Å². The van der Waals surface area contributed by atoms with Gasteiger partial charge in [0.05, 0.1) is 29.4 Å². The van der Waals surface area contributed by atoms with Crippen molar-refractivity contribution in [2.24, 2.45) is 17.4 Å². The molecule has 3 aromatic rings. The molecule has 2 aromatic carbocycles. The third-order valence-corrected chi connectivity index (χ3v) is 8.92. The fourth-order valence-electron chi connectivity index (χ4n) is 6.13. The van der Waals surface area contributed by atoms with Crippen molar-refractivity contribution >= 4 is 64.4 Å². The van der Waals surface area contributed by atoms with E-state index in [1.807, 2.05) is 0 Å². The molecule has 5 rings (SSSR count). The Morgan fingerprint density at radius 3 is 2.43 bits per heavy atom. The zero-order chi connectivity index (χ0) is 34.0. The number of fused-ring (bicyclic) bond motifs is 1. The minimum atomic E-state index is -1.41. The number of aromatic nitrogens is 2. The van der Waals surface area contributed by atoms with Gasteiger partial charge in [0.25, 0.3) is 11.8 Å². The molecule has 0 spiro atoms. The van der Waals surface area contributed by atoms with Crippen LogP contribution >= 0.6 is 23.2 Å². The quantitative estimate of drug-likeness (QED) is 0.293. The van der Waals surface area contributed by atoms with Crippen LogP contribution in [0.25, 0.3) is 0 Å². The van der Waals surface area contributed by atoms with Gasteiger partial charge in [-0.05, 0) is 62.1 Å². The van der Waals surface area contributed by atoms with Crippen molar-refractivity contribution in [2.75, 3.05) is 18.0 Å². The molecule has 1 unspecified atom stereocenters. The lowest BCUT2D eigenvalue weighted by atomic mass is 9.91. The molecule has 0 bridgehead atoms. The first kappa shape index (κ1) is 33.4. The minimum absolute atomic E-state index is 0.0225. The molecule has 0 aliphatic carbocycles. The molecule has 1 fully saturated rings. The standard InChI is InChI=1S/C32H32Cl2N8O5/c1-32(14-18-4-6-19(15-35)7-5-18)30(47)41(23-12-21(33)11-22(34)13-23)31-38-16-25(42(31)32)28(45)39-24(8-9-26(36)43)29(46)40-10-2-3-20(17-40)27(37)44/h4-7,11-13,16,20,24H,2-3,8-10,14,17H2,1H3,(H2,36,43)(H2,37,44)(H,39,45)/t20?,24-,32+/m0/s1. The van der Waals surface area contributed by atoms with Gasteiger partial charge in [-0.3, -0.25) is 28.5 Å². The van der Waals surface area contributed by atoms with E-state index in [1.165, 1.54) is 26.6 Å². The number of carbonyl (C=O) groups is 5. The van der Waals surface area contributed by atoms with E-state index in [0.717, 1.165) is 0 Å². The van der Waals surface area contributed by atoms with Gasteiger partial charge in [0, 0.05) is 36.0 Å². The van der Waals surface area contributed by atoms with E-state index in [9.17, 15) is 29.2 Å². The van der Waals surface area contributed by atoms with Crippen LogP contribution in [-0.4, -0.2) is 63.1 Å². The second-order valence-corrected chi connectivity index (χ2v) is 12.7. The summed E-state index contributed by atoms with van der Waals surface area (Å²) in [5.41, 5.74) is 10.9. The van der Waals surface area contributed by atoms with Crippen molar-refractivity contribution < 1.29 is 24.0 Å². The van der Waals surface area contributed by atoms with Crippen LogP contribution in [0.2, 0.25) is 10.0 Å². The molecule has 5 N–H and O–H groups in total. The van der Waals surface area contributed by atoms with Crippen molar-refractivity contribution in [1.82, 2.24) is 19.8 Å². The summed E-state index contributed by atoms with van der Waals surface area (Å²) in [6.45, 7) is 2.10. The first-order valence-corrected chi connectivity index (χ1v) is 15.6. The number of likely N-dealkylation sites (tertiary alicyclic amines) is 1. The first-order chi connectivity index (χ1) is 22.3. The monoisotopic (exact) mass is 678 g/mol. The van der Waals surface area contributed by atoms with Gasteiger partial charge in [-0.2, -0.15) is 5.26 Å². The Kier molecular flexibility index (Phi) is 9.55. The number of rotatable bonds is 10. The van der Waals surface area contributed by atoms with E-state index in [0.29, 0.717) is 36.2 Å². The number of nitrogens with one attached hydrogen (secondary N) is 1. The SMILES string of the molecule is C[C@@]1(Cc2ccc(C#N)cc2)C(=O)N(c2cc(Cl)cc(Cl)c2)c2ncc(C(=O)N[C@@H](CCC(N)=O)C(=O)N3CCCC(C(N)=O)C3)n21. The van der Waals surface area contributed by atoms with Gasteiger partial charge in [0.1, 0.15) is 17.3 Å². The molecule has 2 aliphatic heterocycles. The lowest BCUT2D eigenvalue weighted by molar-refractivity contribution is -0.137. The maximum Gasteiger partial charge on any atom is 0.270 e. The van der Waals surface area contributed by atoms with Crippen LogP contribution in [0, 0.1) is 17.2 Å². The molecule has 244 valence electrons. The molecule has 3 atom stereocenters. The Morgan fingerprint density at radius 2 is 1.81 bits per heavy atom. The summed E-state index contributed by atoms with van der Waals surface area (Å²) < 4.78 is 1.50. The number of nitrogens with zero attached hydrogens (tertiary/aromatic N) is 5. The van der Waals surface area contributed by atoms with E-state index in [-0.39, 0.29) is 47.5 Å². The highest BCUT2D eigenvalue weighted by Gasteiger charge is 2.51. The summed E-state index contributed by atoms with van der Waals surface area (Å²) in [6.07, 6.45) is 2.22. The number of carbonyl (C=O) groups excluding carboxylic acids is 5. The first-order valence-electron chi connectivity index (χ1n) is 14.9. The average molecular weight is 680 g/mol. The molecule has 5 amide bonds. The Hall–Kier alpha value is -4.93. The highest BCUT2D eigenvalue weighted by atomic mass is 35.5. The van der Waals surface area contributed by atoms with E-state index >= 15 is 0 Å². The maximum atomic E-state index is 14.3. The molecule has 47 heavy (non-hydrogen) atoms. The number of nitrogens with two attached hydrogens (primary N) is 2. The Balaban J connectivity index is 1.53. The zero-order valence-corrected chi connectivity index (χ0v) is 26.9. The van der Waals surface area contributed by atoms with Gasteiger partial charge in [-0.1, -0.05) is 35.3 Å². The Labute approximate surface area is 280 Å². The third-order valence-electron chi connectivity index (χ3n) is 8.49. The minimum Gasteiger partial charge on any atom is -0.370 e. The molecule has 3 heterocycles. The lowest BCUT2D eigenvalue weighted by Crippen LogP contribution is -2.53. The third kappa shape index (κ3) is 6.79.